The molecule has 0 radical (unpaired) electrons. The zero-order valence-electron chi connectivity index (χ0n) is 9.81. The molecular weight excluding hydrogens is 289 g/mol. The van der Waals surface area contributed by atoms with Crippen molar-refractivity contribution in [3.8, 4) is 0 Å². The van der Waals surface area contributed by atoms with Gasteiger partial charge in [-0.2, -0.15) is 21.6 Å². The predicted octanol–water partition coefficient (Wildman–Crippen LogP) is 1.57. The highest BCUT2D eigenvalue weighted by Crippen LogP contribution is 2.59. The molecule has 0 bridgehead atoms. The smallest absolute Gasteiger partial charge is 0.466 e. The third kappa shape index (κ3) is 2.43. The molecule has 0 aromatic carbocycles. The molecule has 19 heavy (non-hydrogen) atoms. The quantitative estimate of drug-likeness (QED) is 0.448. The van der Waals surface area contributed by atoms with Gasteiger partial charge in [0.25, 0.3) is 0 Å². The number of ether oxygens (including phenoxy) is 1. The summed E-state index contributed by atoms with van der Waals surface area (Å²) in [6.45, 7) is 1.77. The van der Waals surface area contributed by atoms with Gasteiger partial charge >= 0.3 is 21.6 Å². The molecule has 1 fully saturated rings. The average molecular weight is 300 g/mol. The van der Waals surface area contributed by atoms with Crippen LogP contribution in [0.2, 0.25) is 0 Å². The number of hydrogen-bond donors (Lipinski definition) is 0. The summed E-state index contributed by atoms with van der Waals surface area (Å²) < 4.78 is 67.1. The molecule has 0 aromatic heterocycles. The highest BCUT2D eigenvalue weighted by molar-refractivity contribution is 7.87. The van der Waals surface area contributed by atoms with Crippen LogP contribution >= 0.6 is 0 Å². The molecular formula is C10H11F3O5S. The average Bonchev–Trinajstić information content (AvgIpc) is 2.86. The van der Waals surface area contributed by atoms with E-state index in [9.17, 15) is 26.4 Å². The largest absolute Gasteiger partial charge is 0.534 e. The number of carbonyl (C=O) groups excluding carboxylic acids is 1. The lowest BCUT2D eigenvalue weighted by Gasteiger charge is -2.11. The lowest BCUT2D eigenvalue weighted by atomic mass is 10.2. The van der Waals surface area contributed by atoms with E-state index in [1.54, 1.807) is 6.92 Å². The second kappa shape index (κ2) is 4.39. The molecule has 3 atom stereocenters. The van der Waals surface area contributed by atoms with Gasteiger partial charge in [-0.15, -0.1) is 0 Å². The Balaban J connectivity index is 2.04. The van der Waals surface area contributed by atoms with Gasteiger partial charge in [0.2, 0.25) is 0 Å². The van der Waals surface area contributed by atoms with Gasteiger partial charge in [0.1, 0.15) is 5.76 Å². The Labute approximate surface area is 107 Å². The number of carbonyl (C=O) groups is 1. The summed E-state index contributed by atoms with van der Waals surface area (Å²) in [4.78, 5) is 11.5. The van der Waals surface area contributed by atoms with Crippen molar-refractivity contribution in [3.63, 3.8) is 0 Å². The van der Waals surface area contributed by atoms with Crippen molar-refractivity contribution in [2.45, 2.75) is 18.9 Å². The topological polar surface area (TPSA) is 69.7 Å². The molecule has 0 N–H and O–H groups in total. The van der Waals surface area contributed by atoms with E-state index < -0.39 is 33.4 Å². The van der Waals surface area contributed by atoms with E-state index in [4.69, 9.17) is 4.74 Å². The van der Waals surface area contributed by atoms with E-state index in [0.29, 0.717) is 6.42 Å². The molecule has 0 amide bonds. The van der Waals surface area contributed by atoms with Crippen molar-refractivity contribution in [2.75, 3.05) is 6.61 Å². The Hall–Kier alpha value is -1.25. The van der Waals surface area contributed by atoms with E-state index in [1.807, 2.05) is 0 Å². The van der Waals surface area contributed by atoms with Gasteiger partial charge in [-0.3, -0.25) is 4.79 Å². The van der Waals surface area contributed by atoms with Crippen LogP contribution in [-0.4, -0.2) is 26.5 Å². The Morgan fingerprint density at radius 3 is 2.63 bits per heavy atom. The SMILES string of the molecule is CCOC(=O)[C@H]1[C@@H]2CC=C(OS(=O)(=O)C(F)(F)F)[C@@H]21. The van der Waals surface area contributed by atoms with Gasteiger partial charge in [0.15, 0.2) is 0 Å². The molecule has 5 nitrogen and oxygen atoms in total. The fraction of sp³-hybridized carbons (Fsp3) is 0.700. The van der Waals surface area contributed by atoms with Gasteiger partial charge in [-0.1, -0.05) is 0 Å². The summed E-state index contributed by atoms with van der Waals surface area (Å²) in [7, 11) is -5.67. The van der Waals surface area contributed by atoms with Crippen LogP contribution < -0.4 is 0 Å². The van der Waals surface area contributed by atoms with Crippen LogP contribution in [0, 0.1) is 17.8 Å². The third-order valence-corrected chi connectivity index (χ3v) is 4.12. The molecule has 2 rings (SSSR count). The van der Waals surface area contributed by atoms with Gasteiger partial charge < -0.3 is 8.92 Å². The normalized spacial score (nSPS) is 29.5. The minimum Gasteiger partial charge on any atom is -0.466 e. The molecule has 0 aliphatic heterocycles. The van der Waals surface area contributed by atoms with Gasteiger partial charge in [0.05, 0.1) is 12.5 Å². The monoisotopic (exact) mass is 300 g/mol. The fourth-order valence-corrected chi connectivity index (χ4v) is 2.79. The van der Waals surface area contributed by atoms with Crippen LogP contribution in [0.4, 0.5) is 13.2 Å². The number of hydrogen-bond acceptors (Lipinski definition) is 5. The summed E-state index contributed by atoms with van der Waals surface area (Å²) in [5, 5.41) is 0. The van der Waals surface area contributed by atoms with Crippen molar-refractivity contribution in [1.29, 1.82) is 0 Å². The van der Waals surface area contributed by atoms with Crippen LogP contribution in [0.1, 0.15) is 13.3 Å². The van der Waals surface area contributed by atoms with E-state index in [-0.39, 0.29) is 18.3 Å². The Bertz CT molecular complexity index is 522. The van der Waals surface area contributed by atoms with E-state index in [2.05, 4.69) is 4.18 Å². The Morgan fingerprint density at radius 2 is 2.11 bits per heavy atom. The maximum absolute atomic E-state index is 12.2. The van der Waals surface area contributed by atoms with Gasteiger partial charge in [-0.05, 0) is 25.3 Å². The van der Waals surface area contributed by atoms with Gasteiger partial charge in [0, 0.05) is 5.92 Å². The second-order valence-electron chi connectivity index (χ2n) is 4.29. The minimum absolute atomic E-state index is 0.162. The Kier molecular flexibility index (Phi) is 3.28. The number of allylic oxidation sites excluding steroid dienone is 2. The first-order valence-corrected chi connectivity index (χ1v) is 6.97. The second-order valence-corrected chi connectivity index (χ2v) is 5.83. The maximum atomic E-state index is 12.2. The first kappa shape index (κ1) is 14.2. The molecule has 0 unspecified atom stereocenters. The molecule has 2 aliphatic carbocycles. The first-order valence-electron chi connectivity index (χ1n) is 5.56. The number of halogens is 3. The molecule has 0 spiro atoms. The summed E-state index contributed by atoms with van der Waals surface area (Å²) >= 11 is 0. The highest BCUT2D eigenvalue weighted by atomic mass is 32.2. The molecule has 0 saturated heterocycles. The lowest BCUT2D eigenvalue weighted by molar-refractivity contribution is -0.145. The summed E-state index contributed by atoms with van der Waals surface area (Å²) in [6.07, 6.45) is 1.59. The molecule has 0 aromatic rings. The van der Waals surface area contributed by atoms with Crippen molar-refractivity contribution in [2.24, 2.45) is 17.8 Å². The van der Waals surface area contributed by atoms with Crippen LogP contribution in [0.5, 0.6) is 0 Å². The van der Waals surface area contributed by atoms with Crippen LogP contribution in [0.25, 0.3) is 0 Å². The molecule has 108 valence electrons. The standard InChI is InChI=1S/C10H11F3O5S/c1-2-17-9(14)8-5-3-4-6(7(5)8)18-19(15,16)10(11,12)13/h4-5,7-8H,2-3H2,1H3/t5-,7-,8+/m1/s1. The number of rotatable bonds is 4. The first-order chi connectivity index (χ1) is 8.69. The van der Waals surface area contributed by atoms with Crippen molar-refractivity contribution >= 4 is 16.1 Å². The zero-order chi connectivity index (χ0) is 14.4. The number of fused-ring (bicyclic) bond motifs is 1. The zero-order valence-corrected chi connectivity index (χ0v) is 10.6. The number of esters is 1. The molecule has 9 heteroatoms. The predicted molar refractivity (Wildman–Crippen MR) is 55.9 cm³/mol. The van der Waals surface area contributed by atoms with E-state index in [1.165, 1.54) is 6.08 Å². The summed E-state index contributed by atoms with van der Waals surface area (Å²) in [5.74, 6) is -2.26. The highest BCUT2D eigenvalue weighted by Gasteiger charge is 2.62. The van der Waals surface area contributed by atoms with Crippen LogP contribution in [0.15, 0.2) is 11.8 Å². The maximum Gasteiger partial charge on any atom is 0.534 e. The lowest BCUT2D eigenvalue weighted by Crippen LogP contribution is -2.25. The van der Waals surface area contributed by atoms with E-state index >= 15 is 0 Å². The number of alkyl halides is 3. The third-order valence-electron chi connectivity index (χ3n) is 3.14. The molecule has 1 saturated carbocycles. The summed E-state index contributed by atoms with van der Waals surface area (Å²) in [6, 6.07) is 0. The van der Waals surface area contributed by atoms with Crippen molar-refractivity contribution in [1.82, 2.24) is 0 Å². The molecule has 0 heterocycles. The van der Waals surface area contributed by atoms with E-state index in [0.717, 1.165) is 0 Å². The molecule has 2 aliphatic rings. The minimum atomic E-state index is -5.67. The van der Waals surface area contributed by atoms with Crippen LogP contribution in [-0.2, 0) is 23.8 Å². The van der Waals surface area contributed by atoms with Gasteiger partial charge in [-0.25, -0.2) is 0 Å². The van der Waals surface area contributed by atoms with Crippen molar-refractivity contribution < 1.29 is 35.3 Å². The van der Waals surface area contributed by atoms with Crippen molar-refractivity contribution in [3.05, 3.63) is 11.8 Å². The fourth-order valence-electron chi connectivity index (χ4n) is 2.27. The van der Waals surface area contributed by atoms with Crippen LogP contribution in [0.3, 0.4) is 0 Å². The Morgan fingerprint density at radius 1 is 1.47 bits per heavy atom. The summed E-state index contributed by atoms with van der Waals surface area (Å²) in [5.41, 5.74) is -5.47.